The smallest absolute Gasteiger partial charge is 0.248 e. The highest BCUT2D eigenvalue weighted by molar-refractivity contribution is 6.01. The Morgan fingerprint density at radius 1 is 1.00 bits per heavy atom. The van der Waals surface area contributed by atoms with E-state index in [0.29, 0.717) is 17.1 Å². The fourth-order valence-corrected chi connectivity index (χ4v) is 4.74. The average molecular weight is 517 g/mol. The van der Waals surface area contributed by atoms with Gasteiger partial charge in [-0.2, -0.15) is 0 Å². The third-order valence-electron chi connectivity index (χ3n) is 6.68. The highest BCUT2D eigenvalue weighted by Crippen LogP contribution is 2.31. The Kier molecular flexibility index (Phi) is 9.19. The van der Waals surface area contributed by atoms with E-state index < -0.39 is 11.9 Å². The minimum Gasteiger partial charge on any atom is -0.351 e. The second-order valence-electron chi connectivity index (χ2n) is 9.66. The Morgan fingerprint density at radius 2 is 1.76 bits per heavy atom. The highest BCUT2D eigenvalue weighted by atomic mass is 19.1. The Labute approximate surface area is 222 Å². The lowest BCUT2D eigenvalue weighted by atomic mass is 10.00. The van der Waals surface area contributed by atoms with Crippen molar-refractivity contribution in [3.63, 3.8) is 0 Å². The number of halogens is 1. The summed E-state index contributed by atoms with van der Waals surface area (Å²) in [6.45, 7) is 1.95. The van der Waals surface area contributed by atoms with E-state index in [-0.39, 0.29) is 43.0 Å². The van der Waals surface area contributed by atoms with Gasteiger partial charge in [0.1, 0.15) is 17.7 Å². The van der Waals surface area contributed by atoms with E-state index in [2.05, 4.69) is 15.6 Å². The molecular weight excluding hydrogens is 483 g/mol. The third kappa shape index (κ3) is 7.25. The van der Waals surface area contributed by atoms with Crippen LogP contribution in [0.4, 0.5) is 15.9 Å². The SMILES string of the molecule is Cc1ccc([C@@H](C(=O)NC2CCCC2)N(C(=O)CCCC(=O)Nc2ccccn2)c2cccc(F)c2)cc1. The molecule has 3 aromatic rings. The van der Waals surface area contributed by atoms with Crippen molar-refractivity contribution in [2.75, 3.05) is 10.2 Å². The third-order valence-corrected chi connectivity index (χ3v) is 6.68. The fraction of sp³-hybridized carbons (Fsp3) is 0.333. The lowest BCUT2D eigenvalue weighted by Gasteiger charge is -2.32. The molecule has 4 rings (SSSR count). The van der Waals surface area contributed by atoms with Gasteiger partial charge in [-0.3, -0.25) is 19.3 Å². The van der Waals surface area contributed by atoms with E-state index in [4.69, 9.17) is 0 Å². The van der Waals surface area contributed by atoms with E-state index >= 15 is 0 Å². The molecule has 1 heterocycles. The molecule has 1 aliphatic carbocycles. The van der Waals surface area contributed by atoms with Gasteiger partial charge >= 0.3 is 0 Å². The van der Waals surface area contributed by atoms with Crippen LogP contribution >= 0.6 is 0 Å². The lowest BCUT2D eigenvalue weighted by Crippen LogP contribution is -2.46. The largest absolute Gasteiger partial charge is 0.351 e. The number of hydrogen-bond acceptors (Lipinski definition) is 4. The summed E-state index contributed by atoms with van der Waals surface area (Å²) in [7, 11) is 0. The van der Waals surface area contributed by atoms with E-state index in [0.717, 1.165) is 31.2 Å². The number of nitrogens with zero attached hydrogens (tertiary/aromatic N) is 2. The lowest BCUT2D eigenvalue weighted by molar-refractivity contribution is -0.127. The normalized spacial score (nSPS) is 14.1. The minimum atomic E-state index is -0.979. The molecule has 7 nitrogen and oxygen atoms in total. The standard InChI is InChI=1S/C30H33FN4O3/c1-21-15-17-22(18-16-21)29(30(38)33-24-9-2-3-10-24)35(25-11-6-8-23(31)20-25)28(37)14-7-13-27(36)34-26-12-4-5-19-32-26/h4-6,8,11-12,15-20,24,29H,2-3,7,9-10,13-14H2,1H3,(H,33,38)(H,32,34,36)/t29-/m0/s1. The first-order valence-electron chi connectivity index (χ1n) is 13.1. The van der Waals surface area contributed by atoms with Gasteiger partial charge in [-0.15, -0.1) is 0 Å². The molecule has 2 aromatic carbocycles. The van der Waals surface area contributed by atoms with Crippen LogP contribution in [0.3, 0.4) is 0 Å². The number of hydrogen-bond donors (Lipinski definition) is 2. The van der Waals surface area contributed by atoms with E-state index in [1.165, 1.54) is 23.1 Å². The van der Waals surface area contributed by atoms with Crippen LogP contribution < -0.4 is 15.5 Å². The summed E-state index contributed by atoms with van der Waals surface area (Å²) in [6.07, 6.45) is 5.83. The predicted octanol–water partition coefficient (Wildman–Crippen LogP) is 5.47. The molecule has 1 atom stereocenters. The number of anilines is 2. The quantitative estimate of drug-likeness (QED) is 0.374. The highest BCUT2D eigenvalue weighted by Gasteiger charge is 2.34. The van der Waals surface area contributed by atoms with Crippen LogP contribution in [0.15, 0.2) is 72.9 Å². The summed E-state index contributed by atoms with van der Waals surface area (Å²) in [6, 6.07) is 17.4. The first-order valence-corrected chi connectivity index (χ1v) is 13.1. The molecule has 1 saturated carbocycles. The fourth-order valence-electron chi connectivity index (χ4n) is 4.74. The Bertz CT molecular complexity index is 1240. The second kappa shape index (κ2) is 12.9. The predicted molar refractivity (Wildman–Crippen MR) is 145 cm³/mol. The van der Waals surface area contributed by atoms with Crippen molar-refractivity contribution in [3.05, 3.63) is 89.9 Å². The minimum absolute atomic E-state index is 0.00518. The Morgan fingerprint density at radius 3 is 2.45 bits per heavy atom. The summed E-state index contributed by atoms with van der Waals surface area (Å²) in [4.78, 5) is 45.2. The number of aromatic nitrogens is 1. The van der Waals surface area contributed by atoms with Crippen LogP contribution in [0, 0.1) is 12.7 Å². The topological polar surface area (TPSA) is 91.4 Å². The number of amides is 3. The molecule has 38 heavy (non-hydrogen) atoms. The molecule has 0 spiro atoms. The zero-order valence-corrected chi connectivity index (χ0v) is 21.5. The van der Waals surface area contributed by atoms with Gasteiger partial charge in [0.05, 0.1) is 0 Å². The molecule has 0 saturated heterocycles. The van der Waals surface area contributed by atoms with Crippen molar-refractivity contribution >= 4 is 29.2 Å². The van der Waals surface area contributed by atoms with Crippen LogP contribution in [-0.4, -0.2) is 28.7 Å². The van der Waals surface area contributed by atoms with Crippen molar-refractivity contribution < 1.29 is 18.8 Å². The first-order chi connectivity index (χ1) is 18.4. The van der Waals surface area contributed by atoms with Crippen LogP contribution in [0.2, 0.25) is 0 Å². The maximum Gasteiger partial charge on any atom is 0.248 e. The van der Waals surface area contributed by atoms with Crippen LogP contribution in [0.1, 0.15) is 62.1 Å². The summed E-state index contributed by atoms with van der Waals surface area (Å²) in [5, 5.41) is 5.82. The molecule has 0 bridgehead atoms. The Balaban J connectivity index is 1.57. The van der Waals surface area contributed by atoms with Gasteiger partial charge in [0, 0.05) is 30.8 Å². The second-order valence-corrected chi connectivity index (χ2v) is 9.66. The van der Waals surface area contributed by atoms with Crippen molar-refractivity contribution in [2.24, 2.45) is 0 Å². The molecule has 2 N–H and O–H groups in total. The molecule has 0 unspecified atom stereocenters. The van der Waals surface area contributed by atoms with Crippen LogP contribution in [-0.2, 0) is 14.4 Å². The summed E-state index contributed by atoms with van der Waals surface area (Å²) in [5.74, 6) is -0.996. The van der Waals surface area contributed by atoms with Crippen molar-refractivity contribution in [3.8, 4) is 0 Å². The zero-order valence-electron chi connectivity index (χ0n) is 21.5. The van der Waals surface area contributed by atoms with Crippen molar-refractivity contribution in [2.45, 2.75) is 64.0 Å². The van der Waals surface area contributed by atoms with Gasteiger partial charge in [-0.1, -0.05) is 54.8 Å². The average Bonchev–Trinajstić information content (AvgIpc) is 3.41. The molecule has 1 aliphatic rings. The maximum atomic E-state index is 14.3. The molecule has 3 amide bonds. The van der Waals surface area contributed by atoms with Gasteiger partial charge in [0.15, 0.2) is 0 Å². The van der Waals surface area contributed by atoms with Crippen molar-refractivity contribution in [1.29, 1.82) is 0 Å². The molecule has 8 heteroatoms. The summed E-state index contributed by atoms with van der Waals surface area (Å²) >= 11 is 0. The first kappa shape index (κ1) is 27.0. The molecule has 0 aliphatic heterocycles. The molecule has 198 valence electrons. The Hall–Kier alpha value is -4.07. The van der Waals surface area contributed by atoms with Gasteiger partial charge in [-0.05, 0) is 62.1 Å². The number of pyridine rings is 1. The van der Waals surface area contributed by atoms with E-state index in [9.17, 15) is 18.8 Å². The van der Waals surface area contributed by atoms with Crippen LogP contribution in [0.25, 0.3) is 0 Å². The molecule has 1 aromatic heterocycles. The number of carbonyl (C=O) groups is 3. The van der Waals surface area contributed by atoms with E-state index in [1.54, 1.807) is 30.5 Å². The number of aryl methyl sites for hydroxylation is 1. The number of rotatable bonds is 10. The number of nitrogens with one attached hydrogen (secondary N) is 2. The van der Waals surface area contributed by atoms with Crippen LogP contribution in [0.5, 0.6) is 0 Å². The van der Waals surface area contributed by atoms with Gasteiger partial charge in [0.25, 0.3) is 0 Å². The van der Waals surface area contributed by atoms with Gasteiger partial charge in [-0.25, -0.2) is 9.37 Å². The number of benzene rings is 2. The molecular formula is C30H33FN4O3. The van der Waals surface area contributed by atoms with Gasteiger partial charge in [0.2, 0.25) is 17.7 Å². The maximum absolute atomic E-state index is 14.3. The summed E-state index contributed by atoms with van der Waals surface area (Å²) in [5.41, 5.74) is 1.95. The zero-order chi connectivity index (χ0) is 26.9. The molecule has 1 fully saturated rings. The summed E-state index contributed by atoms with van der Waals surface area (Å²) < 4.78 is 14.3. The molecule has 0 radical (unpaired) electrons. The van der Waals surface area contributed by atoms with E-state index in [1.807, 2.05) is 31.2 Å². The monoisotopic (exact) mass is 516 g/mol. The van der Waals surface area contributed by atoms with Gasteiger partial charge < -0.3 is 10.6 Å². The van der Waals surface area contributed by atoms with Crippen molar-refractivity contribution in [1.82, 2.24) is 10.3 Å². The number of carbonyl (C=O) groups excluding carboxylic acids is 3.